The minimum absolute atomic E-state index is 0.120. The number of aliphatic carboxylic acids is 1. The van der Waals surface area contributed by atoms with Crippen molar-refractivity contribution in [3.63, 3.8) is 0 Å². The van der Waals surface area contributed by atoms with Crippen LogP contribution in [0, 0.1) is 0 Å². The summed E-state index contributed by atoms with van der Waals surface area (Å²) in [6, 6.07) is 16.6. The van der Waals surface area contributed by atoms with Crippen LogP contribution in [0.15, 0.2) is 84.0 Å². The third-order valence-corrected chi connectivity index (χ3v) is 4.35. The molecule has 0 aliphatic heterocycles. The van der Waals surface area contributed by atoms with Gasteiger partial charge in [0.25, 0.3) is 0 Å². The van der Waals surface area contributed by atoms with E-state index in [0.717, 1.165) is 22.5 Å². The van der Waals surface area contributed by atoms with Crippen molar-refractivity contribution in [2.24, 2.45) is 0 Å². The number of carboxylic acids is 1. The van der Waals surface area contributed by atoms with Crippen LogP contribution in [0.25, 0.3) is 22.5 Å². The normalized spacial score (nSPS) is 12.0. The fourth-order valence-electron chi connectivity index (χ4n) is 3.18. The second kappa shape index (κ2) is 7.29. The van der Waals surface area contributed by atoms with Gasteiger partial charge < -0.3 is 14.1 Å². The summed E-state index contributed by atoms with van der Waals surface area (Å²) in [6.07, 6.45) is 6.54. The number of hydrogen-bond donors (Lipinski definition) is 1. The average molecular weight is 359 g/mol. The molecular formula is C21H17N3O3. The number of rotatable bonds is 6. The Hall–Kier alpha value is -3.67. The van der Waals surface area contributed by atoms with E-state index in [9.17, 15) is 9.90 Å². The number of hydrogen-bond acceptors (Lipinski definition) is 4. The van der Waals surface area contributed by atoms with Crippen molar-refractivity contribution in [2.45, 2.75) is 12.5 Å². The van der Waals surface area contributed by atoms with Crippen molar-refractivity contribution >= 4 is 5.97 Å². The van der Waals surface area contributed by atoms with Gasteiger partial charge in [-0.3, -0.25) is 9.78 Å². The Morgan fingerprint density at radius 1 is 1.07 bits per heavy atom. The molecule has 1 N–H and O–H groups in total. The van der Waals surface area contributed by atoms with E-state index in [1.165, 1.54) is 0 Å². The summed E-state index contributed by atoms with van der Waals surface area (Å²) >= 11 is 0. The lowest BCUT2D eigenvalue weighted by Crippen LogP contribution is -2.15. The SMILES string of the molecule is O=C(O)CC(c1ccco1)n1cnc(-c2ccccc2)c1-c1cccnc1. The smallest absolute Gasteiger partial charge is 0.305 e. The zero-order valence-corrected chi connectivity index (χ0v) is 14.4. The molecule has 27 heavy (non-hydrogen) atoms. The van der Waals surface area contributed by atoms with Gasteiger partial charge in [0.05, 0.1) is 30.4 Å². The van der Waals surface area contributed by atoms with E-state index >= 15 is 0 Å². The Balaban J connectivity index is 1.92. The molecule has 0 spiro atoms. The number of carboxylic acid groups (broad SMARTS) is 1. The van der Waals surface area contributed by atoms with E-state index in [0.29, 0.717) is 5.76 Å². The summed E-state index contributed by atoms with van der Waals surface area (Å²) in [4.78, 5) is 20.3. The highest BCUT2D eigenvalue weighted by atomic mass is 16.4. The van der Waals surface area contributed by atoms with Gasteiger partial charge in [0, 0.05) is 23.5 Å². The number of aromatic nitrogens is 3. The first-order valence-electron chi connectivity index (χ1n) is 8.52. The van der Waals surface area contributed by atoms with Gasteiger partial charge in [0.1, 0.15) is 11.8 Å². The monoisotopic (exact) mass is 359 g/mol. The molecule has 0 saturated heterocycles. The number of benzene rings is 1. The van der Waals surface area contributed by atoms with Crippen molar-refractivity contribution in [1.82, 2.24) is 14.5 Å². The van der Waals surface area contributed by atoms with Gasteiger partial charge in [0.15, 0.2) is 0 Å². The molecule has 0 saturated carbocycles. The predicted molar refractivity (Wildman–Crippen MR) is 100.0 cm³/mol. The second-order valence-electron chi connectivity index (χ2n) is 6.09. The Kier molecular flexibility index (Phi) is 4.53. The largest absolute Gasteiger partial charge is 0.481 e. The van der Waals surface area contributed by atoms with E-state index < -0.39 is 12.0 Å². The fourth-order valence-corrected chi connectivity index (χ4v) is 3.18. The summed E-state index contributed by atoms with van der Waals surface area (Å²) in [5.74, 6) is -0.344. The number of imidazole rings is 1. The first-order valence-corrected chi connectivity index (χ1v) is 8.52. The van der Waals surface area contributed by atoms with Crippen molar-refractivity contribution in [1.29, 1.82) is 0 Å². The molecule has 0 fully saturated rings. The van der Waals surface area contributed by atoms with Crippen LogP contribution in [0.1, 0.15) is 18.2 Å². The molecule has 0 radical (unpaired) electrons. The number of pyridine rings is 1. The third kappa shape index (κ3) is 3.37. The first-order chi connectivity index (χ1) is 13.2. The van der Waals surface area contributed by atoms with Gasteiger partial charge in [0.2, 0.25) is 0 Å². The summed E-state index contributed by atoms with van der Waals surface area (Å²) in [5, 5.41) is 9.44. The zero-order valence-electron chi connectivity index (χ0n) is 14.4. The molecule has 3 aromatic heterocycles. The maximum atomic E-state index is 11.5. The van der Waals surface area contributed by atoms with Crippen LogP contribution in [0.5, 0.6) is 0 Å². The third-order valence-electron chi connectivity index (χ3n) is 4.35. The molecule has 6 nitrogen and oxygen atoms in total. The molecule has 6 heteroatoms. The van der Waals surface area contributed by atoms with Gasteiger partial charge in [-0.1, -0.05) is 30.3 Å². The zero-order chi connectivity index (χ0) is 18.6. The van der Waals surface area contributed by atoms with Crippen LogP contribution >= 0.6 is 0 Å². The number of nitrogens with zero attached hydrogens (tertiary/aromatic N) is 3. The van der Waals surface area contributed by atoms with Gasteiger partial charge in [-0.2, -0.15) is 0 Å². The average Bonchev–Trinajstić information content (AvgIpc) is 3.37. The molecule has 4 rings (SSSR count). The Morgan fingerprint density at radius 3 is 2.56 bits per heavy atom. The first kappa shape index (κ1) is 16.8. The number of carbonyl (C=O) groups is 1. The minimum atomic E-state index is -0.913. The summed E-state index contributed by atoms with van der Waals surface area (Å²) in [7, 11) is 0. The van der Waals surface area contributed by atoms with Gasteiger partial charge in [-0.15, -0.1) is 0 Å². The summed E-state index contributed by atoms with van der Waals surface area (Å²) < 4.78 is 7.38. The summed E-state index contributed by atoms with van der Waals surface area (Å²) in [5.41, 5.74) is 3.38. The van der Waals surface area contributed by atoms with Crippen LogP contribution < -0.4 is 0 Å². The summed E-state index contributed by atoms with van der Waals surface area (Å²) in [6.45, 7) is 0. The molecule has 1 unspecified atom stereocenters. The quantitative estimate of drug-likeness (QED) is 0.556. The molecule has 0 bridgehead atoms. The lowest BCUT2D eigenvalue weighted by molar-refractivity contribution is -0.137. The van der Waals surface area contributed by atoms with E-state index in [1.807, 2.05) is 47.0 Å². The maximum absolute atomic E-state index is 11.5. The fraction of sp³-hybridized carbons (Fsp3) is 0.0952. The van der Waals surface area contributed by atoms with Crippen molar-refractivity contribution < 1.29 is 14.3 Å². The van der Waals surface area contributed by atoms with Crippen molar-refractivity contribution in [2.75, 3.05) is 0 Å². The standard InChI is InChI=1S/C21H17N3O3/c25-19(26)12-17(18-9-5-11-27-18)24-14-23-20(15-6-2-1-3-7-15)21(24)16-8-4-10-22-13-16/h1-11,13-14,17H,12H2,(H,25,26). The van der Waals surface area contributed by atoms with E-state index in [4.69, 9.17) is 4.42 Å². The molecule has 1 atom stereocenters. The highest BCUT2D eigenvalue weighted by molar-refractivity contribution is 5.78. The highest BCUT2D eigenvalue weighted by Crippen LogP contribution is 2.35. The molecule has 3 heterocycles. The van der Waals surface area contributed by atoms with E-state index in [1.54, 1.807) is 37.1 Å². The van der Waals surface area contributed by atoms with Crippen LogP contribution in [-0.2, 0) is 4.79 Å². The van der Waals surface area contributed by atoms with Crippen LogP contribution in [0.2, 0.25) is 0 Å². The van der Waals surface area contributed by atoms with Crippen molar-refractivity contribution in [3.05, 3.63) is 85.3 Å². The van der Waals surface area contributed by atoms with Gasteiger partial charge in [-0.05, 0) is 24.3 Å². The molecular weight excluding hydrogens is 342 g/mol. The van der Waals surface area contributed by atoms with Gasteiger partial charge >= 0.3 is 5.97 Å². The lowest BCUT2D eigenvalue weighted by Gasteiger charge is -2.18. The molecule has 134 valence electrons. The molecule has 0 aliphatic carbocycles. The molecule has 0 aliphatic rings. The van der Waals surface area contributed by atoms with Crippen molar-refractivity contribution in [3.8, 4) is 22.5 Å². The van der Waals surface area contributed by atoms with Gasteiger partial charge in [-0.25, -0.2) is 4.98 Å². The minimum Gasteiger partial charge on any atom is -0.481 e. The predicted octanol–water partition coefficient (Wildman–Crippen LogP) is 4.27. The maximum Gasteiger partial charge on any atom is 0.305 e. The lowest BCUT2D eigenvalue weighted by atomic mass is 10.0. The Labute approximate surface area is 155 Å². The molecule has 4 aromatic rings. The molecule has 0 amide bonds. The highest BCUT2D eigenvalue weighted by Gasteiger charge is 2.25. The Morgan fingerprint density at radius 2 is 1.89 bits per heavy atom. The second-order valence-corrected chi connectivity index (χ2v) is 6.09. The topological polar surface area (TPSA) is 81.1 Å². The Bertz CT molecular complexity index is 1030. The molecule has 1 aromatic carbocycles. The number of furan rings is 1. The van der Waals surface area contributed by atoms with E-state index in [-0.39, 0.29) is 6.42 Å². The van der Waals surface area contributed by atoms with Crippen LogP contribution in [0.3, 0.4) is 0 Å². The van der Waals surface area contributed by atoms with Crippen LogP contribution in [0.4, 0.5) is 0 Å². The van der Waals surface area contributed by atoms with E-state index in [2.05, 4.69) is 9.97 Å². The van der Waals surface area contributed by atoms with Crippen LogP contribution in [-0.4, -0.2) is 25.6 Å².